The highest BCUT2D eigenvalue weighted by Gasteiger charge is 2.23. The first-order chi connectivity index (χ1) is 8.58. The first-order valence-electron chi connectivity index (χ1n) is 6.17. The Morgan fingerprint density at radius 3 is 3.00 bits per heavy atom. The average molecular weight is 249 g/mol. The Labute approximate surface area is 107 Å². The lowest BCUT2D eigenvalue weighted by atomic mass is 10.1. The number of likely N-dealkylation sites (N-methyl/N-ethyl adjacent to an activating group) is 1. The number of piperazine rings is 1. The molecule has 2 rings (SSSR count). The smallest absolute Gasteiger partial charge is 0.354 e. The summed E-state index contributed by atoms with van der Waals surface area (Å²) in [4.78, 5) is 19.7. The van der Waals surface area contributed by atoms with Gasteiger partial charge in [-0.05, 0) is 25.6 Å². The van der Waals surface area contributed by atoms with Gasteiger partial charge in [0.25, 0.3) is 0 Å². The molecule has 98 valence electrons. The van der Waals surface area contributed by atoms with Crippen LogP contribution in [0.2, 0.25) is 0 Å². The fourth-order valence-electron chi connectivity index (χ4n) is 2.39. The highest BCUT2D eigenvalue weighted by Crippen LogP contribution is 2.14. The van der Waals surface area contributed by atoms with E-state index in [0.29, 0.717) is 12.6 Å². The maximum Gasteiger partial charge on any atom is 0.354 e. The van der Waals surface area contributed by atoms with Crippen molar-refractivity contribution in [3.05, 3.63) is 29.6 Å². The van der Waals surface area contributed by atoms with Crippen molar-refractivity contribution in [3.8, 4) is 0 Å². The largest absolute Gasteiger partial charge is 0.477 e. The second-order valence-electron chi connectivity index (χ2n) is 4.90. The molecule has 0 saturated carbocycles. The number of rotatable bonds is 3. The van der Waals surface area contributed by atoms with Gasteiger partial charge in [0.15, 0.2) is 5.69 Å². The average Bonchev–Trinajstić information content (AvgIpc) is 2.33. The van der Waals surface area contributed by atoms with Crippen molar-refractivity contribution >= 4 is 5.97 Å². The molecule has 1 aromatic rings. The number of aromatic carboxylic acids is 1. The molecule has 1 aliphatic heterocycles. The summed E-state index contributed by atoms with van der Waals surface area (Å²) in [6.45, 7) is 5.83. The summed E-state index contributed by atoms with van der Waals surface area (Å²) in [6, 6.07) is 4.08. The number of carboxylic acid groups (broad SMARTS) is 1. The zero-order valence-corrected chi connectivity index (χ0v) is 10.8. The summed E-state index contributed by atoms with van der Waals surface area (Å²) in [6.07, 6.45) is 1.53. The quantitative estimate of drug-likeness (QED) is 0.863. The third kappa shape index (κ3) is 2.86. The van der Waals surface area contributed by atoms with Gasteiger partial charge < -0.3 is 10.0 Å². The summed E-state index contributed by atoms with van der Waals surface area (Å²) in [5.74, 6) is -0.951. The van der Waals surface area contributed by atoms with Crippen molar-refractivity contribution in [1.82, 2.24) is 14.8 Å². The van der Waals surface area contributed by atoms with Crippen LogP contribution in [0.3, 0.4) is 0 Å². The molecule has 1 unspecified atom stereocenters. The molecule has 0 aromatic carbocycles. The fraction of sp³-hybridized carbons (Fsp3) is 0.538. The Balaban J connectivity index is 2.12. The third-order valence-corrected chi connectivity index (χ3v) is 3.44. The van der Waals surface area contributed by atoms with Gasteiger partial charge >= 0.3 is 5.97 Å². The molecule has 5 nitrogen and oxygen atoms in total. The Morgan fingerprint density at radius 2 is 2.33 bits per heavy atom. The van der Waals surface area contributed by atoms with Crippen molar-refractivity contribution in [1.29, 1.82) is 0 Å². The molecule has 1 saturated heterocycles. The molecular weight excluding hydrogens is 230 g/mol. The molecule has 0 amide bonds. The first-order valence-corrected chi connectivity index (χ1v) is 6.17. The van der Waals surface area contributed by atoms with E-state index < -0.39 is 5.97 Å². The maximum atomic E-state index is 11.1. The van der Waals surface area contributed by atoms with Crippen LogP contribution in [-0.2, 0) is 6.54 Å². The second kappa shape index (κ2) is 5.46. The molecule has 18 heavy (non-hydrogen) atoms. The fourth-order valence-corrected chi connectivity index (χ4v) is 2.39. The number of carboxylic acids is 1. The molecular formula is C13H19N3O2. The van der Waals surface area contributed by atoms with Crippen LogP contribution in [0.15, 0.2) is 18.3 Å². The molecule has 5 heteroatoms. The lowest BCUT2D eigenvalue weighted by Gasteiger charge is -2.38. The van der Waals surface area contributed by atoms with Gasteiger partial charge in [-0.15, -0.1) is 0 Å². The van der Waals surface area contributed by atoms with Gasteiger partial charge in [0, 0.05) is 38.4 Å². The first kappa shape index (κ1) is 13.0. The van der Waals surface area contributed by atoms with E-state index in [4.69, 9.17) is 5.11 Å². The maximum absolute atomic E-state index is 11.1. The van der Waals surface area contributed by atoms with Crippen LogP contribution in [0.25, 0.3) is 0 Å². The Bertz CT molecular complexity index is 436. The molecule has 2 heterocycles. The number of pyridine rings is 1. The van der Waals surface area contributed by atoms with Crippen LogP contribution in [0.1, 0.15) is 23.0 Å². The molecule has 1 aliphatic rings. The normalized spacial score (nSPS) is 22.0. The lowest BCUT2D eigenvalue weighted by molar-refractivity contribution is 0.0680. The van der Waals surface area contributed by atoms with Crippen LogP contribution < -0.4 is 0 Å². The van der Waals surface area contributed by atoms with Crippen LogP contribution in [-0.4, -0.2) is 58.6 Å². The molecule has 1 aromatic heterocycles. The van der Waals surface area contributed by atoms with Crippen LogP contribution >= 0.6 is 0 Å². The van der Waals surface area contributed by atoms with E-state index in [1.54, 1.807) is 6.07 Å². The minimum atomic E-state index is -0.951. The number of aromatic nitrogens is 1. The van der Waals surface area contributed by atoms with Crippen LogP contribution in [0, 0.1) is 0 Å². The van der Waals surface area contributed by atoms with Gasteiger partial charge in [0.05, 0.1) is 0 Å². The highest BCUT2D eigenvalue weighted by molar-refractivity contribution is 5.86. The molecule has 0 aliphatic carbocycles. The van der Waals surface area contributed by atoms with Gasteiger partial charge in [-0.1, -0.05) is 6.07 Å². The Hall–Kier alpha value is -1.46. The van der Waals surface area contributed by atoms with E-state index in [2.05, 4.69) is 28.8 Å². The van der Waals surface area contributed by atoms with Crippen molar-refractivity contribution < 1.29 is 9.90 Å². The number of carbonyl (C=O) groups is 1. The van der Waals surface area contributed by atoms with Gasteiger partial charge in [-0.2, -0.15) is 0 Å². The van der Waals surface area contributed by atoms with Crippen molar-refractivity contribution in [2.24, 2.45) is 0 Å². The minimum Gasteiger partial charge on any atom is -0.477 e. The van der Waals surface area contributed by atoms with E-state index in [-0.39, 0.29) is 5.69 Å². The highest BCUT2D eigenvalue weighted by atomic mass is 16.4. The molecule has 0 spiro atoms. The molecule has 1 atom stereocenters. The van der Waals surface area contributed by atoms with E-state index in [1.807, 2.05) is 6.07 Å². The van der Waals surface area contributed by atoms with Gasteiger partial charge in [0.1, 0.15) is 0 Å². The third-order valence-electron chi connectivity index (χ3n) is 3.44. The summed E-state index contributed by atoms with van der Waals surface area (Å²) in [5.41, 5.74) is 0.963. The van der Waals surface area contributed by atoms with Gasteiger partial charge in [0.2, 0.25) is 0 Å². The van der Waals surface area contributed by atoms with Crippen molar-refractivity contribution in [2.75, 3.05) is 26.7 Å². The van der Waals surface area contributed by atoms with Crippen LogP contribution in [0.4, 0.5) is 0 Å². The SMILES string of the molecule is CC1CN(C)CCN1Cc1cccnc1C(=O)O. The number of hydrogen-bond acceptors (Lipinski definition) is 4. The van der Waals surface area contributed by atoms with E-state index in [0.717, 1.165) is 25.2 Å². The molecule has 0 bridgehead atoms. The topological polar surface area (TPSA) is 56.7 Å². The molecule has 0 radical (unpaired) electrons. The summed E-state index contributed by atoms with van der Waals surface area (Å²) >= 11 is 0. The summed E-state index contributed by atoms with van der Waals surface area (Å²) in [5, 5.41) is 9.11. The van der Waals surface area contributed by atoms with E-state index in [1.165, 1.54) is 6.20 Å². The molecule has 1 fully saturated rings. The van der Waals surface area contributed by atoms with E-state index >= 15 is 0 Å². The van der Waals surface area contributed by atoms with Gasteiger partial charge in [-0.3, -0.25) is 4.90 Å². The Morgan fingerprint density at radius 1 is 1.56 bits per heavy atom. The zero-order valence-electron chi connectivity index (χ0n) is 10.8. The second-order valence-corrected chi connectivity index (χ2v) is 4.90. The van der Waals surface area contributed by atoms with Crippen molar-refractivity contribution in [2.45, 2.75) is 19.5 Å². The number of nitrogens with zero attached hydrogens (tertiary/aromatic N) is 3. The van der Waals surface area contributed by atoms with E-state index in [9.17, 15) is 4.79 Å². The predicted molar refractivity (Wildman–Crippen MR) is 68.6 cm³/mol. The number of hydrogen-bond donors (Lipinski definition) is 1. The van der Waals surface area contributed by atoms with Crippen LogP contribution in [0.5, 0.6) is 0 Å². The predicted octanol–water partition coefficient (Wildman–Crippen LogP) is 0.916. The zero-order chi connectivity index (χ0) is 13.1. The molecule has 1 N–H and O–H groups in total. The van der Waals surface area contributed by atoms with Crippen molar-refractivity contribution in [3.63, 3.8) is 0 Å². The minimum absolute atomic E-state index is 0.170. The Kier molecular flexibility index (Phi) is 3.93. The monoisotopic (exact) mass is 249 g/mol. The summed E-state index contributed by atoms with van der Waals surface area (Å²) in [7, 11) is 2.11. The summed E-state index contributed by atoms with van der Waals surface area (Å²) < 4.78 is 0. The lowest BCUT2D eigenvalue weighted by Crippen LogP contribution is -2.49. The standard InChI is InChI=1S/C13H19N3O2/c1-10-8-15(2)6-7-16(10)9-11-4-3-5-14-12(11)13(17)18/h3-5,10H,6-9H2,1-2H3,(H,17,18). The van der Waals surface area contributed by atoms with Gasteiger partial charge in [-0.25, -0.2) is 9.78 Å².